The van der Waals surface area contributed by atoms with Gasteiger partial charge in [0, 0.05) is 9.79 Å². The van der Waals surface area contributed by atoms with Gasteiger partial charge in [0.2, 0.25) is 0 Å². The minimum absolute atomic E-state index is 0.162. The van der Waals surface area contributed by atoms with Crippen LogP contribution in [0.4, 0.5) is 0 Å². The highest BCUT2D eigenvalue weighted by molar-refractivity contribution is 7.99. The van der Waals surface area contributed by atoms with E-state index in [1.807, 2.05) is 24.3 Å². The Bertz CT molecular complexity index is 800. The van der Waals surface area contributed by atoms with E-state index < -0.39 is 18.0 Å². The summed E-state index contributed by atoms with van der Waals surface area (Å²) in [5, 5.41) is 0. The number of fused-ring (bicyclic) bond motifs is 2. The molecule has 0 aromatic heterocycles. The van der Waals surface area contributed by atoms with Crippen LogP contribution in [0.3, 0.4) is 0 Å². The Morgan fingerprint density at radius 3 is 2.31 bits per heavy atom. The van der Waals surface area contributed by atoms with Crippen LogP contribution in [-0.4, -0.2) is 31.3 Å². The lowest BCUT2D eigenvalue weighted by atomic mass is 10.0. The van der Waals surface area contributed by atoms with Crippen LogP contribution < -0.4 is 4.74 Å². The van der Waals surface area contributed by atoms with Crippen LogP contribution in [0.2, 0.25) is 0 Å². The summed E-state index contributed by atoms with van der Waals surface area (Å²) in [6.45, 7) is 3.67. The molecule has 0 spiro atoms. The highest BCUT2D eigenvalue weighted by Crippen LogP contribution is 2.40. The van der Waals surface area contributed by atoms with Gasteiger partial charge in [0.05, 0.1) is 13.2 Å². The molecule has 1 heterocycles. The van der Waals surface area contributed by atoms with Crippen molar-refractivity contribution in [1.82, 2.24) is 0 Å². The Morgan fingerprint density at radius 2 is 1.62 bits per heavy atom. The van der Waals surface area contributed by atoms with Crippen molar-refractivity contribution < 1.29 is 23.8 Å². The van der Waals surface area contributed by atoms with Crippen LogP contribution in [0, 0.1) is 0 Å². The van der Waals surface area contributed by atoms with Gasteiger partial charge >= 0.3 is 11.9 Å². The van der Waals surface area contributed by atoms with Gasteiger partial charge in [0.25, 0.3) is 6.10 Å². The van der Waals surface area contributed by atoms with Crippen LogP contribution in [0.25, 0.3) is 0 Å². The molecule has 1 aliphatic heterocycles. The molecule has 0 saturated heterocycles. The summed E-state index contributed by atoms with van der Waals surface area (Å²) in [5.41, 5.74) is 2.34. The SMILES string of the molecule is CCOC(=O)C(Oc1ccc2c(c1)Cc1ccccc1S2)C(=O)OCC. The van der Waals surface area contributed by atoms with Crippen molar-refractivity contribution in [3.05, 3.63) is 53.6 Å². The maximum absolute atomic E-state index is 12.1. The number of ether oxygens (including phenoxy) is 3. The number of rotatable bonds is 6. The Labute approximate surface area is 156 Å². The van der Waals surface area contributed by atoms with Gasteiger partial charge in [0.15, 0.2) is 0 Å². The van der Waals surface area contributed by atoms with Crippen LogP contribution in [0.1, 0.15) is 25.0 Å². The lowest BCUT2D eigenvalue weighted by molar-refractivity contribution is -0.166. The normalized spacial score (nSPS) is 12.1. The van der Waals surface area contributed by atoms with Crippen LogP contribution in [0.5, 0.6) is 5.75 Å². The second-order valence-electron chi connectivity index (χ2n) is 5.66. The molecule has 0 atom stereocenters. The summed E-state index contributed by atoms with van der Waals surface area (Å²) >= 11 is 1.70. The fraction of sp³-hybridized carbons (Fsp3) is 0.300. The van der Waals surface area contributed by atoms with Gasteiger partial charge in [-0.3, -0.25) is 0 Å². The molecule has 5 nitrogen and oxygen atoms in total. The quantitative estimate of drug-likeness (QED) is 0.487. The van der Waals surface area contributed by atoms with E-state index >= 15 is 0 Å². The van der Waals surface area contributed by atoms with Gasteiger partial charge in [-0.2, -0.15) is 0 Å². The summed E-state index contributed by atoms with van der Waals surface area (Å²) < 4.78 is 15.5. The lowest BCUT2D eigenvalue weighted by Crippen LogP contribution is -2.38. The molecule has 0 bridgehead atoms. The van der Waals surface area contributed by atoms with Gasteiger partial charge in [-0.05, 0) is 55.7 Å². The third kappa shape index (κ3) is 4.02. The molecular weight excluding hydrogens is 352 g/mol. The zero-order valence-corrected chi connectivity index (χ0v) is 15.5. The topological polar surface area (TPSA) is 61.8 Å². The Balaban J connectivity index is 1.81. The average molecular weight is 372 g/mol. The summed E-state index contributed by atoms with van der Waals surface area (Å²) in [6, 6.07) is 13.8. The molecule has 0 unspecified atom stereocenters. The smallest absolute Gasteiger partial charge is 0.359 e. The monoisotopic (exact) mass is 372 g/mol. The lowest BCUT2D eigenvalue weighted by Gasteiger charge is -2.21. The highest BCUT2D eigenvalue weighted by Gasteiger charge is 2.32. The van der Waals surface area contributed by atoms with E-state index in [2.05, 4.69) is 12.1 Å². The first-order chi connectivity index (χ1) is 12.6. The maximum atomic E-state index is 12.1. The van der Waals surface area contributed by atoms with Crippen molar-refractivity contribution in [2.24, 2.45) is 0 Å². The van der Waals surface area contributed by atoms with Gasteiger partial charge in [-0.25, -0.2) is 9.59 Å². The molecule has 136 valence electrons. The minimum atomic E-state index is -1.42. The van der Waals surface area contributed by atoms with Crippen molar-refractivity contribution in [2.75, 3.05) is 13.2 Å². The number of hydrogen-bond acceptors (Lipinski definition) is 6. The zero-order chi connectivity index (χ0) is 18.5. The van der Waals surface area contributed by atoms with Crippen molar-refractivity contribution in [3.8, 4) is 5.75 Å². The number of hydrogen-bond donors (Lipinski definition) is 0. The van der Waals surface area contributed by atoms with Crippen molar-refractivity contribution in [2.45, 2.75) is 36.2 Å². The molecule has 6 heteroatoms. The molecule has 0 amide bonds. The van der Waals surface area contributed by atoms with Crippen LogP contribution in [0.15, 0.2) is 52.3 Å². The Hall–Kier alpha value is -2.47. The van der Waals surface area contributed by atoms with Gasteiger partial charge < -0.3 is 14.2 Å². The third-order valence-electron chi connectivity index (χ3n) is 3.86. The predicted molar refractivity (Wildman–Crippen MR) is 97.5 cm³/mol. The van der Waals surface area contributed by atoms with Crippen LogP contribution >= 0.6 is 11.8 Å². The zero-order valence-electron chi connectivity index (χ0n) is 14.7. The first kappa shape index (κ1) is 18.3. The standard InChI is InChI=1S/C20H20O5S/c1-3-23-19(21)18(20(22)24-4-2)25-15-9-10-17-14(12-15)11-13-7-5-6-8-16(13)26-17/h5-10,12,18H,3-4,11H2,1-2H3. The van der Waals surface area contributed by atoms with E-state index in [-0.39, 0.29) is 13.2 Å². The minimum Gasteiger partial charge on any atom is -0.467 e. The summed E-state index contributed by atoms with van der Waals surface area (Å²) in [7, 11) is 0. The van der Waals surface area contributed by atoms with E-state index in [1.165, 1.54) is 10.5 Å². The van der Waals surface area contributed by atoms with E-state index in [0.717, 1.165) is 16.9 Å². The fourth-order valence-corrected chi connectivity index (χ4v) is 3.76. The third-order valence-corrected chi connectivity index (χ3v) is 5.10. The van der Waals surface area contributed by atoms with Crippen molar-refractivity contribution >= 4 is 23.7 Å². The summed E-state index contributed by atoms with van der Waals surface area (Å²) in [5.74, 6) is -1.05. The first-order valence-electron chi connectivity index (χ1n) is 8.51. The highest BCUT2D eigenvalue weighted by atomic mass is 32.2. The number of carbonyl (C=O) groups excluding carboxylic acids is 2. The number of carbonyl (C=O) groups is 2. The fourth-order valence-electron chi connectivity index (χ4n) is 2.70. The molecule has 0 N–H and O–H groups in total. The second kappa shape index (κ2) is 8.27. The predicted octanol–water partition coefficient (Wildman–Crippen LogP) is 3.62. The largest absolute Gasteiger partial charge is 0.467 e. The molecule has 26 heavy (non-hydrogen) atoms. The molecule has 2 aromatic carbocycles. The number of benzene rings is 2. The molecular formula is C20H20O5S. The van der Waals surface area contributed by atoms with Crippen molar-refractivity contribution in [3.63, 3.8) is 0 Å². The summed E-state index contributed by atoms with van der Waals surface area (Å²) in [4.78, 5) is 26.5. The molecule has 2 aromatic rings. The first-order valence-corrected chi connectivity index (χ1v) is 9.32. The van der Waals surface area contributed by atoms with Gasteiger partial charge in [0.1, 0.15) is 5.75 Å². The number of esters is 2. The molecule has 3 rings (SSSR count). The molecule has 0 radical (unpaired) electrons. The molecule has 1 aliphatic rings. The van der Waals surface area contributed by atoms with Gasteiger partial charge in [-0.15, -0.1) is 0 Å². The Kier molecular flexibility index (Phi) is 5.83. The second-order valence-corrected chi connectivity index (χ2v) is 6.74. The average Bonchev–Trinajstić information content (AvgIpc) is 2.64. The summed E-state index contributed by atoms with van der Waals surface area (Å²) in [6.07, 6.45) is -0.643. The van der Waals surface area contributed by atoms with E-state index in [4.69, 9.17) is 14.2 Å². The maximum Gasteiger partial charge on any atom is 0.359 e. The van der Waals surface area contributed by atoms with Crippen LogP contribution in [-0.2, 0) is 25.5 Å². The molecule has 0 fully saturated rings. The van der Waals surface area contributed by atoms with E-state index in [9.17, 15) is 9.59 Å². The molecule has 0 aliphatic carbocycles. The van der Waals surface area contributed by atoms with Crippen molar-refractivity contribution in [1.29, 1.82) is 0 Å². The van der Waals surface area contributed by atoms with Gasteiger partial charge in [-0.1, -0.05) is 30.0 Å². The Morgan fingerprint density at radius 1 is 0.962 bits per heavy atom. The molecule has 0 saturated carbocycles. The van der Waals surface area contributed by atoms with E-state index in [0.29, 0.717) is 5.75 Å². The van der Waals surface area contributed by atoms with E-state index in [1.54, 1.807) is 31.7 Å².